The zero-order valence-electron chi connectivity index (χ0n) is 8.27. The van der Waals surface area contributed by atoms with Crippen LogP contribution in [-0.4, -0.2) is 0 Å². The van der Waals surface area contributed by atoms with Gasteiger partial charge in [0, 0.05) is 19.8 Å². The molecule has 0 bridgehead atoms. The molecule has 0 radical (unpaired) electrons. The maximum Gasteiger partial charge on any atom is 0.0417 e. The number of thiol groups is 2. The Kier molecular flexibility index (Phi) is 6.14. The molecule has 0 spiro atoms. The summed E-state index contributed by atoms with van der Waals surface area (Å²) in [4.78, 5) is 1.80. The van der Waals surface area contributed by atoms with Gasteiger partial charge in [-0.15, -0.1) is 25.3 Å². The Morgan fingerprint density at radius 3 is 1.25 bits per heavy atom. The molecular formula is C12H10Cl2S2. The average Bonchev–Trinajstić information content (AvgIpc) is 2.17. The zero-order valence-corrected chi connectivity index (χ0v) is 11.6. The van der Waals surface area contributed by atoms with Crippen molar-refractivity contribution in [3.8, 4) is 0 Å². The molecule has 4 heteroatoms. The van der Waals surface area contributed by atoms with Crippen molar-refractivity contribution in [2.75, 3.05) is 0 Å². The Balaban J connectivity index is 0.000000160. The van der Waals surface area contributed by atoms with Gasteiger partial charge < -0.3 is 0 Å². The van der Waals surface area contributed by atoms with E-state index >= 15 is 0 Å². The second-order valence-electron chi connectivity index (χ2n) is 2.96. The molecule has 2 rings (SSSR count). The summed E-state index contributed by atoms with van der Waals surface area (Å²) in [6.07, 6.45) is 0. The molecule has 0 aromatic heterocycles. The van der Waals surface area contributed by atoms with Crippen LogP contribution < -0.4 is 0 Å². The summed E-state index contributed by atoms with van der Waals surface area (Å²) >= 11 is 19.3. The monoisotopic (exact) mass is 288 g/mol. The minimum atomic E-state index is 0.734. The SMILES string of the molecule is Sc1cccc(Cl)c1.Sc1cccc(Cl)c1. The van der Waals surface area contributed by atoms with Crippen LogP contribution in [0.15, 0.2) is 58.3 Å². The van der Waals surface area contributed by atoms with E-state index in [0.29, 0.717) is 0 Å². The molecule has 2 aromatic carbocycles. The maximum absolute atomic E-state index is 5.60. The molecule has 0 nitrogen and oxygen atoms in total. The van der Waals surface area contributed by atoms with E-state index in [1.165, 1.54) is 0 Å². The fourth-order valence-electron chi connectivity index (χ4n) is 0.952. The van der Waals surface area contributed by atoms with Gasteiger partial charge in [-0.3, -0.25) is 0 Å². The summed E-state index contributed by atoms with van der Waals surface area (Å²) in [5, 5.41) is 1.47. The Bertz CT molecular complexity index is 380. The summed E-state index contributed by atoms with van der Waals surface area (Å²) in [7, 11) is 0. The molecule has 0 N–H and O–H groups in total. The predicted octanol–water partition coefficient (Wildman–Crippen LogP) is 5.26. The smallest absolute Gasteiger partial charge is 0.0417 e. The molecule has 0 aliphatic carbocycles. The molecule has 0 saturated carbocycles. The summed E-state index contributed by atoms with van der Waals surface area (Å²) in [5.74, 6) is 0. The van der Waals surface area contributed by atoms with Crippen LogP contribution in [0.4, 0.5) is 0 Å². The number of hydrogen-bond donors (Lipinski definition) is 2. The van der Waals surface area contributed by atoms with Gasteiger partial charge in [0.2, 0.25) is 0 Å². The van der Waals surface area contributed by atoms with Crippen molar-refractivity contribution in [2.24, 2.45) is 0 Å². The van der Waals surface area contributed by atoms with Crippen LogP contribution in [0.3, 0.4) is 0 Å². The first-order chi connectivity index (χ1) is 7.58. The minimum absolute atomic E-state index is 0.734. The molecule has 0 atom stereocenters. The average molecular weight is 289 g/mol. The van der Waals surface area contributed by atoms with Gasteiger partial charge in [0.25, 0.3) is 0 Å². The van der Waals surface area contributed by atoms with E-state index in [1.54, 1.807) is 12.1 Å². The Morgan fingerprint density at radius 2 is 1.06 bits per heavy atom. The highest BCUT2D eigenvalue weighted by atomic mass is 35.5. The number of benzene rings is 2. The molecular weight excluding hydrogens is 279 g/mol. The quantitative estimate of drug-likeness (QED) is 0.607. The van der Waals surface area contributed by atoms with Crippen LogP contribution >= 0.6 is 48.5 Å². The highest BCUT2D eigenvalue weighted by molar-refractivity contribution is 7.80. The number of hydrogen-bond acceptors (Lipinski definition) is 2. The third-order valence-electron chi connectivity index (χ3n) is 1.62. The van der Waals surface area contributed by atoms with Gasteiger partial charge >= 0.3 is 0 Å². The predicted molar refractivity (Wildman–Crippen MR) is 77.4 cm³/mol. The molecule has 16 heavy (non-hydrogen) atoms. The minimum Gasteiger partial charge on any atom is -0.143 e. The van der Waals surface area contributed by atoms with Crippen LogP contribution in [0.2, 0.25) is 10.0 Å². The summed E-state index contributed by atoms with van der Waals surface area (Å²) in [6.45, 7) is 0. The molecule has 0 aliphatic rings. The lowest BCUT2D eigenvalue weighted by atomic mass is 10.4. The van der Waals surface area contributed by atoms with E-state index in [9.17, 15) is 0 Å². The standard InChI is InChI=1S/2C6H5ClS/c2*7-5-2-1-3-6(8)4-5/h2*1-4,8H. The van der Waals surface area contributed by atoms with Gasteiger partial charge in [-0.25, -0.2) is 0 Å². The first-order valence-corrected chi connectivity index (χ1v) is 6.12. The summed E-state index contributed by atoms with van der Waals surface area (Å²) in [6, 6.07) is 14.7. The first kappa shape index (κ1) is 13.8. The van der Waals surface area contributed by atoms with Gasteiger partial charge in [0.1, 0.15) is 0 Å². The van der Waals surface area contributed by atoms with Crippen LogP contribution in [-0.2, 0) is 0 Å². The van der Waals surface area contributed by atoms with Gasteiger partial charge in [-0.2, -0.15) is 0 Å². The molecule has 0 saturated heterocycles. The number of halogens is 2. The van der Waals surface area contributed by atoms with Crippen LogP contribution in [0.5, 0.6) is 0 Å². The third-order valence-corrected chi connectivity index (χ3v) is 2.64. The van der Waals surface area contributed by atoms with Crippen molar-refractivity contribution < 1.29 is 0 Å². The lowest BCUT2D eigenvalue weighted by Crippen LogP contribution is -1.62. The van der Waals surface area contributed by atoms with E-state index < -0.39 is 0 Å². The summed E-state index contributed by atoms with van der Waals surface area (Å²) < 4.78 is 0. The second kappa shape index (κ2) is 7.13. The lowest BCUT2D eigenvalue weighted by molar-refractivity contribution is 1.48. The zero-order chi connectivity index (χ0) is 12.0. The topological polar surface area (TPSA) is 0 Å². The largest absolute Gasteiger partial charge is 0.143 e. The fourth-order valence-corrected chi connectivity index (χ4v) is 1.94. The molecule has 0 unspecified atom stereocenters. The second-order valence-corrected chi connectivity index (χ2v) is 4.87. The highest BCUT2D eigenvalue weighted by Gasteiger charge is 1.84. The molecule has 0 aliphatic heterocycles. The molecule has 84 valence electrons. The van der Waals surface area contributed by atoms with Gasteiger partial charge in [-0.05, 0) is 36.4 Å². The van der Waals surface area contributed by atoms with Crippen molar-refractivity contribution in [3.05, 3.63) is 58.6 Å². The van der Waals surface area contributed by atoms with Crippen LogP contribution in [0.1, 0.15) is 0 Å². The highest BCUT2D eigenvalue weighted by Crippen LogP contribution is 2.13. The molecule has 2 aromatic rings. The van der Waals surface area contributed by atoms with Gasteiger partial charge in [0.05, 0.1) is 0 Å². The molecule has 0 fully saturated rings. The third kappa shape index (κ3) is 5.71. The van der Waals surface area contributed by atoms with Crippen LogP contribution in [0.25, 0.3) is 0 Å². The van der Waals surface area contributed by atoms with E-state index in [-0.39, 0.29) is 0 Å². The van der Waals surface area contributed by atoms with Crippen LogP contribution in [0, 0.1) is 0 Å². The Hall–Kier alpha value is -0.280. The van der Waals surface area contributed by atoms with Gasteiger partial charge in [0.15, 0.2) is 0 Å². The van der Waals surface area contributed by atoms with Crippen molar-refractivity contribution in [1.82, 2.24) is 0 Å². The van der Waals surface area contributed by atoms with E-state index in [1.807, 2.05) is 36.4 Å². The Morgan fingerprint density at radius 1 is 0.688 bits per heavy atom. The summed E-state index contributed by atoms with van der Waals surface area (Å²) in [5.41, 5.74) is 0. The maximum atomic E-state index is 5.60. The fraction of sp³-hybridized carbons (Fsp3) is 0. The number of rotatable bonds is 0. The molecule has 0 amide bonds. The molecule has 0 heterocycles. The van der Waals surface area contributed by atoms with Crippen molar-refractivity contribution in [3.63, 3.8) is 0 Å². The van der Waals surface area contributed by atoms with Crippen molar-refractivity contribution in [2.45, 2.75) is 9.79 Å². The van der Waals surface area contributed by atoms with E-state index in [2.05, 4.69) is 25.3 Å². The normalized spacial score (nSPS) is 9.25. The van der Waals surface area contributed by atoms with Gasteiger partial charge in [-0.1, -0.05) is 35.3 Å². The van der Waals surface area contributed by atoms with Crippen molar-refractivity contribution in [1.29, 1.82) is 0 Å². The van der Waals surface area contributed by atoms with Crippen molar-refractivity contribution >= 4 is 48.5 Å². The Labute approximate surface area is 116 Å². The van der Waals surface area contributed by atoms with E-state index in [4.69, 9.17) is 23.2 Å². The first-order valence-electron chi connectivity index (χ1n) is 4.47. The van der Waals surface area contributed by atoms with E-state index in [0.717, 1.165) is 19.8 Å². The lowest BCUT2D eigenvalue weighted by Gasteiger charge is -1.87.